The van der Waals surface area contributed by atoms with E-state index in [-0.39, 0.29) is 16.3 Å². The average Bonchev–Trinajstić information content (AvgIpc) is 3.03. The molecule has 2 aromatic rings. The number of nitrogens with one attached hydrogen (secondary N) is 2. The van der Waals surface area contributed by atoms with Gasteiger partial charge in [0.15, 0.2) is 0 Å². The Morgan fingerprint density at radius 1 is 1.35 bits per heavy atom. The van der Waals surface area contributed by atoms with Crippen LogP contribution in [0.25, 0.3) is 11.3 Å². The lowest BCUT2D eigenvalue weighted by atomic mass is 10.1. The summed E-state index contributed by atoms with van der Waals surface area (Å²) in [5.74, 6) is 0.557. The van der Waals surface area contributed by atoms with Crippen molar-refractivity contribution in [3.05, 3.63) is 46.7 Å². The molecule has 2 N–H and O–H groups in total. The number of rotatable bonds is 8. The van der Waals surface area contributed by atoms with E-state index in [1.165, 1.54) is 18.3 Å². The second kappa shape index (κ2) is 9.31. The largest absolute Gasteiger partial charge is 0.455 e. The van der Waals surface area contributed by atoms with Crippen LogP contribution in [0.5, 0.6) is 0 Å². The first kappa shape index (κ1) is 20.6. The van der Waals surface area contributed by atoms with Crippen molar-refractivity contribution >= 4 is 30.4 Å². The molecule has 5 nitrogen and oxygen atoms in total. The monoisotopic (exact) mass is 407 g/mol. The van der Waals surface area contributed by atoms with Gasteiger partial charge in [0.25, 0.3) is 0 Å². The first-order chi connectivity index (χ1) is 12.3. The van der Waals surface area contributed by atoms with Gasteiger partial charge >= 0.3 is 6.18 Å². The third-order valence-electron chi connectivity index (χ3n) is 3.22. The quantitative estimate of drug-likeness (QED) is 0.203. The van der Waals surface area contributed by atoms with E-state index in [9.17, 15) is 13.2 Å². The summed E-state index contributed by atoms with van der Waals surface area (Å²) in [5, 5.41) is 7.09. The van der Waals surface area contributed by atoms with Crippen LogP contribution in [0.3, 0.4) is 0 Å². The van der Waals surface area contributed by atoms with Gasteiger partial charge in [-0.15, -0.1) is 12.6 Å². The molecule has 0 aliphatic rings. The number of hydrogen-bond donors (Lipinski definition) is 3. The molecule has 0 fully saturated rings. The molecule has 0 aliphatic carbocycles. The molecule has 1 aromatic heterocycles. The van der Waals surface area contributed by atoms with Crippen molar-refractivity contribution < 1.29 is 22.3 Å². The fraction of sp³-hybridized carbons (Fsp3) is 0.312. The third kappa shape index (κ3) is 5.94. The zero-order valence-corrected chi connectivity index (χ0v) is 15.3. The summed E-state index contributed by atoms with van der Waals surface area (Å²) in [6.45, 7) is 1.12. The van der Waals surface area contributed by atoms with Crippen LogP contribution in [0, 0.1) is 0 Å². The summed E-state index contributed by atoms with van der Waals surface area (Å²) in [6, 6.07) is 6.16. The van der Waals surface area contributed by atoms with E-state index in [0.29, 0.717) is 18.9 Å². The van der Waals surface area contributed by atoms with Crippen LogP contribution in [0.1, 0.15) is 11.3 Å². The maximum Gasteiger partial charge on any atom is 0.416 e. The van der Waals surface area contributed by atoms with E-state index >= 15 is 0 Å². The molecule has 26 heavy (non-hydrogen) atoms. The molecule has 1 unspecified atom stereocenters. The number of ether oxygens (including phenoxy) is 1. The van der Waals surface area contributed by atoms with E-state index < -0.39 is 17.2 Å². The summed E-state index contributed by atoms with van der Waals surface area (Å²) in [4.78, 5) is 0. The second-order valence-electron chi connectivity index (χ2n) is 5.13. The number of thiol groups is 1. The molecule has 1 aromatic carbocycles. The fourth-order valence-electron chi connectivity index (χ4n) is 1.97. The maximum absolute atomic E-state index is 12.8. The highest BCUT2D eigenvalue weighted by Crippen LogP contribution is 2.36. The molecule has 0 spiro atoms. The van der Waals surface area contributed by atoms with E-state index in [4.69, 9.17) is 20.8 Å². The summed E-state index contributed by atoms with van der Waals surface area (Å²) in [6.07, 6.45) is -3.08. The minimum Gasteiger partial charge on any atom is -0.455 e. The van der Waals surface area contributed by atoms with Gasteiger partial charge in [0.05, 0.1) is 23.4 Å². The molecule has 10 heteroatoms. The summed E-state index contributed by atoms with van der Waals surface area (Å²) in [7, 11) is 1.59. The standard InChI is InChI=1S/C16H17ClF3N3O2S/c1-24-7-6-21-15(26)23-22-9-11-3-5-14(25-11)12-8-10(16(18,19)20)2-4-13(12)17/h2-5,8-9,15,21,23,26H,6-7H2,1H3/b22-9+. The average molecular weight is 408 g/mol. The smallest absolute Gasteiger partial charge is 0.416 e. The Labute approximate surface area is 159 Å². The first-order valence-corrected chi connectivity index (χ1v) is 8.36. The zero-order chi connectivity index (χ0) is 19.2. The van der Waals surface area contributed by atoms with Crippen LogP contribution >= 0.6 is 24.2 Å². The predicted molar refractivity (Wildman–Crippen MR) is 97.5 cm³/mol. The Morgan fingerprint density at radius 3 is 2.81 bits per heavy atom. The van der Waals surface area contributed by atoms with Crippen molar-refractivity contribution in [1.29, 1.82) is 0 Å². The molecule has 0 amide bonds. The maximum atomic E-state index is 12.8. The van der Waals surface area contributed by atoms with Gasteiger partial charge in [-0.1, -0.05) is 11.6 Å². The molecule has 0 saturated heterocycles. The van der Waals surface area contributed by atoms with Crippen molar-refractivity contribution in [2.75, 3.05) is 20.3 Å². The highest BCUT2D eigenvalue weighted by Gasteiger charge is 2.31. The lowest BCUT2D eigenvalue weighted by Crippen LogP contribution is -2.36. The molecule has 0 bridgehead atoms. The molecule has 0 aliphatic heterocycles. The molecule has 0 radical (unpaired) electrons. The lowest BCUT2D eigenvalue weighted by molar-refractivity contribution is -0.137. The number of benzene rings is 1. The number of halogens is 4. The van der Waals surface area contributed by atoms with Crippen LogP contribution in [0.4, 0.5) is 13.2 Å². The number of hydrogen-bond acceptors (Lipinski definition) is 6. The molecule has 142 valence electrons. The minimum atomic E-state index is -4.46. The van der Waals surface area contributed by atoms with Crippen LogP contribution in [-0.4, -0.2) is 32.0 Å². The molecular formula is C16H17ClF3N3O2S. The van der Waals surface area contributed by atoms with Gasteiger partial charge < -0.3 is 9.15 Å². The van der Waals surface area contributed by atoms with Crippen molar-refractivity contribution in [1.82, 2.24) is 10.7 Å². The van der Waals surface area contributed by atoms with Crippen LogP contribution in [0.2, 0.25) is 5.02 Å². The van der Waals surface area contributed by atoms with Crippen LogP contribution < -0.4 is 10.7 Å². The molecule has 0 saturated carbocycles. The number of alkyl halides is 3. The van der Waals surface area contributed by atoms with E-state index in [1.807, 2.05) is 0 Å². The highest BCUT2D eigenvalue weighted by atomic mass is 35.5. The number of nitrogens with zero attached hydrogens (tertiary/aromatic N) is 1. The van der Waals surface area contributed by atoms with Crippen molar-refractivity contribution in [2.45, 2.75) is 11.7 Å². The number of hydrazone groups is 1. The predicted octanol–water partition coefficient (Wildman–Crippen LogP) is 3.99. The van der Waals surface area contributed by atoms with Gasteiger partial charge in [0.1, 0.15) is 17.0 Å². The van der Waals surface area contributed by atoms with E-state index in [2.05, 4.69) is 28.5 Å². The van der Waals surface area contributed by atoms with E-state index in [0.717, 1.165) is 12.1 Å². The molecular weight excluding hydrogens is 391 g/mol. The lowest BCUT2D eigenvalue weighted by Gasteiger charge is -2.11. The Kier molecular flexibility index (Phi) is 7.39. The Balaban J connectivity index is 2.05. The summed E-state index contributed by atoms with van der Waals surface area (Å²) >= 11 is 10.2. The molecule has 2 rings (SSSR count). The fourth-order valence-corrected chi connectivity index (χ4v) is 2.38. The SMILES string of the molecule is COCCNC(S)N/N=C/c1ccc(-c2cc(C(F)(F)F)ccc2Cl)o1. The number of methoxy groups -OCH3 is 1. The van der Waals surface area contributed by atoms with Crippen molar-refractivity contribution in [2.24, 2.45) is 5.10 Å². The van der Waals surface area contributed by atoms with Gasteiger partial charge in [0.2, 0.25) is 0 Å². The Morgan fingerprint density at radius 2 is 2.12 bits per heavy atom. The Hall–Kier alpha value is -1.68. The van der Waals surface area contributed by atoms with Crippen molar-refractivity contribution in [3.8, 4) is 11.3 Å². The number of furan rings is 1. The minimum absolute atomic E-state index is 0.155. The van der Waals surface area contributed by atoms with Crippen molar-refractivity contribution in [3.63, 3.8) is 0 Å². The van der Waals surface area contributed by atoms with Gasteiger partial charge in [-0.05, 0) is 30.3 Å². The van der Waals surface area contributed by atoms with Gasteiger partial charge in [-0.25, -0.2) is 0 Å². The van der Waals surface area contributed by atoms with Crippen LogP contribution in [0.15, 0.2) is 39.9 Å². The van der Waals surface area contributed by atoms with Gasteiger partial charge in [0, 0.05) is 19.2 Å². The van der Waals surface area contributed by atoms with Crippen LogP contribution in [-0.2, 0) is 10.9 Å². The normalized spacial score (nSPS) is 13.3. The molecule has 1 atom stereocenters. The van der Waals surface area contributed by atoms with Gasteiger partial charge in [-0.2, -0.15) is 18.3 Å². The van der Waals surface area contributed by atoms with Gasteiger partial charge in [-0.3, -0.25) is 10.7 Å². The summed E-state index contributed by atoms with van der Waals surface area (Å²) < 4.78 is 48.9. The third-order valence-corrected chi connectivity index (χ3v) is 3.85. The summed E-state index contributed by atoms with van der Waals surface area (Å²) in [5.41, 5.74) is 1.67. The first-order valence-electron chi connectivity index (χ1n) is 7.47. The topological polar surface area (TPSA) is 58.8 Å². The highest BCUT2D eigenvalue weighted by molar-refractivity contribution is 7.80. The zero-order valence-electron chi connectivity index (χ0n) is 13.7. The van der Waals surface area contributed by atoms with E-state index in [1.54, 1.807) is 13.2 Å². The molecule has 1 heterocycles. The second-order valence-corrected chi connectivity index (χ2v) is 6.05. The Bertz CT molecular complexity index is 753.